The second-order valence-electron chi connectivity index (χ2n) is 4.98. The zero-order valence-electron chi connectivity index (χ0n) is 14.4. The third-order valence-electron chi connectivity index (χ3n) is 3.33. The fourth-order valence-corrected chi connectivity index (χ4v) is 3.44. The number of carbonyl (C=O) groups excluding carboxylic acids is 2. The van der Waals surface area contributed by atoms with Gasteiger partial charge in [0.25, 0.3) is 5.69 Å². The van der Waals surface area contributed by atoms with Crippen molar-refractivity contribution in [3.05, 3.63) is 44.4 Å². The van der Waals surface area contributed by atoms with Crippen LogP contribution in [0.25, 0.3) is 0 Å². The van der Waals surface area contributed by atoms with Crippen molar-refractivity contribution in [1.82, 2.24) is 4.98 Å². The van der Waals surface area contributed by atoms with Crippen LogP contribution < -0.4 is 10.6 Å². The number of esters is 2. The zero-order chi connectivity index (χ0) is 20.1. The summed E-state index contributed by atoms with van der Waals surface area (Å²) in [5.74, 6) is -0.969. The SMILES string of the molecule is COC(=O)c1sc(NC(=S)Nc2ccc([N+](=O)[O-])cn2)c(C(=O)OC)c1C. The van der Waals surface area contributed by atoms with E-state index in [4.69, 9.17) is 21.7 Å². The minimum Gasteiger partial charge on any atom is -0.465 e. The highest BCUT2D eigenvalue weighted by atomic mass is 32.1. The minimum atomic E-state index is -0.641. The number of hydrogen-bond donors (Lipinski definition) is 2. The Morgan fingerprint density at radius 2 is 1.89 bits per heavy atom. The van der Waals surface area contributed by atoms with Crippen LogP contribution in [0.4, 0.5) is 16.5 Å². The quantitative estimate of drug-likeness (QED) is 0.328. The zero-order valence-corrected chi connectivity index (χ0v) is 16.0. The van der Waals surface area contributed by atoms with Gasteiger partial charge in [0.15, 0.2) is 5.11 Å². The van der Waals surface area contributed by atoms with Gasteiger partial charge in [-0.05, 0) is 30.8 Å². The lowest BCUT2D eigenvalue weighted by Crippen LogP contribution is -2.20. The van der Waals surface area contributed by atoms with E-state index in [0.717, 1.165) is 17.5 Å². The van der Waals surface area contributed by atoms with Gasteiger partial charge in [-0.2, -0.15) is 0 Å². The molecule has 2 rings (SSSR count). The number of aromatic nitrogens is 1. The summed E-state index contributed by atoms with van der Waals surface area (Å²) in [4.78, 5) is 38.1. The summed E-state index contributed by atoms with van der Waals surface area (Å²) in [6.45, 7) is 1.59. The number of nitro groups is 1. The minimum absolute atomic E-state index is 0.0687. The molecule has 0 fully saturated rings. The van der Waals surface area contributed by atoms with E-state index < -0.39 is 16.9 Å². The number of hydrogen-bond acceptors (Lipinski definition) is 9. The highest BCUT2D eigenvalue weighted by molar-refractivity contribution is 7.80. The van der Waals surface area contributed by atoms with Crippen molar-refractivity contribution < 1.29 is 24.0 Å². The Hall–Kier alpha value is -3.12. The van der Waals surface area contributed by atoms with Gasteiger partial charge < -0.3 is 20.1 Å². The summed E-state index contributed by atoms with van der Waals surface area (Å²) in [5, 5.41) is 16.6. The average Bonchev–Trinajstić information content (AvgIpc) is 2.96. The smallest absolute Gasteiger partial charge is 0.348 e. The molecule has 0 unspecified atom stereocenters. The Morgan fingerprint density at radius 3 is 2.41 bits per heavy atom. The summed E-state index contributed by atoms with van der Waals surface area (Å²) < 4.78 is 9.46. The van der Waals surface area contributed by atoms with Crippen molar-refractivity contribution in [2.45, 2.75) is 6.92 Å². The molecule has 2 heterocycles. The van der Waals surface area contributed by atoms with E-state index in [1.807, 2.05) is 0 Å². The van der Waals surface area contributed by atoms with E-state index in [0.29, 0.717) is 10.6 Å². The van der Waals surface area contributed by atoms with E-state index >= 15 is 0 Å². The van der Waals surface area contributed by atoms with E-state index in [1.165, 1.54) is 26.4 Å². The highest BCUT2D eigenvalue weighted by Crippen LogP contribution is 2.34. The maximum atomic E-state index is 12.1. The molecule has 2 aromatic rings. The molecule has 0 aliphatic rings. The molecular weight excluding hydrogens is 396 g/mol. The Labute approximate surface area is 162 Å². The molecule has 2 N–H and O–H groups in total. The summed E-state index contributed by atoms with van der Waals surface area (Å²) in [5.41, 5.74) is 0.394. The number of thiophene rings is 1. The average molecular weight is 410 g/mol. The molecule has 0 saturated heterocycles. The molecule has 0 spiro atoms. The first-order chi connectivity index (χ1) is 12.8. The number of nitrogens with zero attached hydrogens (tertiary/aromatic N) is 2. The number of ether oxygens (including phenoxy) is 2. The molecule has 142 valence electrons. The number of anilines is 2. The van der Waals surface area contributed by atoms with Crippen molar-refractivity contribution in [2.24, 2.45) is 0 Å². The van der Waals surface area contributed by atoms with Crippen LogP contribution in [0.15, 0.2) is 18.3 Å². The van der Waals surface area contributed by atoms with Crippen LogP contribution in [0.2, 0.25) is 0 Å². The molecule has 0 aromatic carbocycles. The van der Waals surface area contributed by atoms with Gasteiger partial charge in [-0.25, -0.2) is 14.6 Å². The van der Waals surface area contributed by atoms with Crippen molar-refractivity contribution in [3.8, 4) is 0 Å². The molecule has 0 aliphatic carbocycles. The van der Waals surface area contributed by atoms with Gasteiger partial charge in [-0.15, -0.1) is 11.3 Å². The largest absolute Gasteiger partial charge is 0.465 e. The van der Waals surface area contributed by atoms with E-state index in [9.17, 15) is 19.7 Å². The van der Waals surface area contributed by atoms with Crippen molar-refractivity contribution in [1.29, 1.82) is 0 Å². The molecule has 27 heavy (non-hydrogen) atoms. The number of nitrogens with one attached hydrogen (secondary N) is 2. The molecule has 0 saturated carbocycles. The lowest BCUT2D eigenvalue weighted by molar-refractivity contribution is -0.385. The summed E-state index contributed by atoms with van der Waals surface area (Å²) in [6, 6.07) is 2.65. The van der Waals surface area contributed by atoms with Crippen LogP contribution in [0, 0.1) is 17.0 Å². The molecule has 0 aliphatic heterocycles. The van der Waals surface area contributed by atoms with Crippen molar-refractivity contribution in [2.75, 3.05) is 24.9 Å². The first kappa shape index (κ1) is 20.2. The first-order valence-corrected chi connectivity index (χ1v) is 8.49. The third kappa shape index (κ3) is 4.54. The van der Waals surface area contributed by atoms with Gasteiger partial charge in [0.05, 0.1) is 24.7 Å². The standard InChI is InChI=1S/C15H14N4O6S2/c1-7-10(13(20)24-2)12(27-11(7)14(21)25-3)18-15(26)17-9-5-4-8(6-16-9)19(22)23/h4-6H,1-3H3,(H2,16,17,18,26). The predicted octanol–water partition coefficient (Wildman–Crippen LogP) is 2.74. The van der Waals surface area contributed by atoms with Gasteiger partial charge in [0, 0.05) is 6.07 Å². The van der Waals surface area contributed by atoms with Crippen LogP contribution in [-0.4, -0.2) is 41.2 Å². The normalized spacial score (nSPS) is 10.0. The number of methoxy groups -OCH3 is 2. The number of pyridine rings is 1. The number of carbonyl (C=O) groups is 2. The highest BCUT2D eigenvalue weighted by Gasteiger charge is 2.26. The van der Waals surface area contributed by atoms with Gasteiger partial charge >= 0.3 is 11.9 Å². The molecule has 0 atom stereocenters. The molecule has 0 bridgehead atoms. The van der Waals surface area contributed by atoms with Crippen LogP contribution in [-0.2, 0) is 9.47 Å². The van der Waals surface area contributed by atoms with E-state index in [2.05, 4.69) is 15.6 Å². The van der Waals surface area contributed by atoms with Crippen molar-refractivity contribution in [3.63, 3.8) is 0 Å². The van der Waals surface area contributed by atoms with E-state index in [1.54, 1.807) is 6.92 Å². The Kier molecular flexibility index (Phi) is 6.36. The maximum Gasteiger partial charge on any atom is 0.348 e. The summed E-state index contributed by atoms with van der Waals surface area (Å²) in [7, 11) is 2.46. The maximum absolute atomic E-state index is 12.1. The molecular formula is C15H14N4O6S2. The van der Waals surface area contributed by atoms with Gasteiger partial charge in [0.1, 0.15) is 21.9 Å². The summed E-state index contributed by atoms with van der Waals surface area (Å²) >= 11 is 6.16. The summed E-state index contributed by atoms with van der Waals surface area (Å²) in [6.07, 6.45) is 1.08. The third-order valence-corrected chi connectivity index (χ3v) is 4.73. The second kappa shape index (κ2) is 8.51. The predicted molar refractivity (Wildman–Crippen MR) is 102 cm³/mol. The van der Waals surface area contributed by atoms with Crippen LogP contribution in [0.1, 0.15) is 25.6 Å². The van der Waals surface area contributed by atoms with Gasteiger partial charge in [-0.1, -0.05) is 0 Å². The Balaban J connectivity index is 2.24. The van der Waals surface area contributed by atoms with E-state index in [-0.39, 0.29) is 27.1 Å². The lowest BCUT2D eigenvalue weighted by atomic mass is 10.1. The van der Waals surface area contributed by atoms with Crippen LogP contribution >= 0.6 is 23.6 Å². The fraction of sp³-hybridized carbons (Fsp3) is 0.200. The fourth-order valence-electron chi connectivity index (χ4n) is 2.06. The molecule has 0 radical (unpaired) electrons. The Morgan fingerprint density at radius 1 is 1.22 bits per heavy atom. The van der Waals surface area contributed by atoms with Crippen molar-refractivity contribution >= 4 is 57.1 Å². The monoisotopic (exact) mass is 410 g/mol. The van der Waals surface area contributed by atoms with Crippen LogP contribution in [0.5, 0.6) is 0 Å². The Bertz CT molecular complexity index is 910. The molecule has 2 aromatic heterocycles. The topological polar surface area (TPSA) is 133 Å². The molecule has 0 amide bonds. The molecule has 10 nitrogen and oxygen atoms in total. The first-order valence-electron chi connectivity index (χ1n) is 7.27. The number of rotatable bonds is 5. The number of thiocarbonyl (C=S) groups is 1. The lowest BCUT2D eigenvalue weighted by Gasteiger charge is -2.09. The molecule has 12 heteroatoms. The van der Waals surface area contributed by atoms with Gasteiger partial charge in [-0.3, -0.25) is 10.1 Å². The second-order valence-corrected chi connectivity index (χ2v) is 6.41. The van der Waals surface area contributed by atoms with Gasteiger partial charge in [0.2, 0.25) is 0 Å². The van der Waals surface area contributed by atoms with Crippen LogP contribution in [0.3, 0.4) is 0 Å².